The number of likely N-dealkylation sites (N-methyl/N-ethyl adjacent to an activating group) is 1. The summed E-state index contributed by atoms with van der Waals surface area (Å²) < 4.78 is 0. The van der Waals surface area contributed by atoms with Crippen molar-refractivity contribution < 1.29 is 5.11 Å². The number of anilines is 1. The number of aliphatic hydroxyl groups excluding tert-OH is 1. The number of rotatable bonds is 7. The highest BCUT2D eigenvalue weighted by molar-refractivity contribution is 5.30. The van der Waals surface area contributed by atoms with Gasteiger partial charge in [0.15, 0.2) is 0 Å². The van der Waals surface area contributed by atoms with Crippen LogP contribution in [0.2, 0.25) is 0 Å². The normalized spacial score (nSPS) is 18.2. The molecule has 6 nitrogen and oxygen atoms in total. The summed E-state index contributed by atoms with van der Waals surface area (Å²) in [6, 6.07) is 0. The lowest BCUT2D eigenvalue weighted by Gasteiger charge is -2.32. The zero-order chi connectivity index (χ0) is 16.9. The zero-order valence-corrected chi connectivity index (χ0v) is 14.9. The number of aromatic nitrogens is 2. The van der Waals surface area contributed by atoms with Crippen LogP contribution < -0.4 is 10.2 Å². The molecule has 2 heterocycles. The highest BCUT2D eigenvalue weighted by Crippen LogP contribution is 2.21. The molecule has 0 bridgehead atoms. The third kappa shape index (κ3) is 6.05. The van der Waals surface area contributed by atoms with Gasteiger partial charge in [-0.15, -0.1) is 0 Å². The predicted octanol–water partition coefficient (Wildman–Crippen LogP) is 1.12. The molecular weight excluding hydrogens is 290 g/mol. The molecule has 1 aliphatic heterocycles. The quantitative estimate of drug-likeness (QED) is 0.784. The van der Waals surface area contributed by atoms with Crippen molar-refractivity contribution in [2.24, 2.45) is 5.41 Å². The first-order chi connectivity index (χ1) is 10.9. The predicted molar refractivity (Wildman–Crippen MR) is 93.5 cm³/mol. The Morgan fingerprint density at radius 1 is 1.22 bits per heavy atom. The Bertz CT molecular complexity index is 466. The van der Waals surface area contributed by atoms with Gasteiger partial charge in [-0.25, -0.2) is 9.97 Å². The molecule has 2 rings (SSSR count). The molecule has 0 saturated carbocycles. The fourth-order valence-corrected chi connectivity index (χ4v) is 3.03. The van der Waals surface area contributed by atoms with E-state index in [1.807, 2.05) is 19.3 Å². The summed E-state index contributed by atoms with van der Waals surface area (Å²) in [4.78, 5) is 13.6. The number of nitrogens with zero attached hydrogens (tertiary/aromatic N) is 4. The Morgan fingerprint density at radius 3 is 2.39 bits per heavy atom. The number of piperazine rings is 1. The van der Waals surface area contributed by atoms with Gasteiger partial charge in [0.1, 0.15) is 0 Å². The molecule has 130 valence electrons. The largest absolute Gasteiger partial charge is 0.393 e. The molecule has 0 aromatic carbocycles. The van der Waals surface area contributed by atoms with Crippen LogP contribution in [0, 0.1) is 5.41 Å². The number of nitrogens with one attached hydrogen (secondary N) is 1. The third-order valence-corrected chi connectivity index (χ3v) is 4.26. The molecule has 0 spiro atoms. The molecule has 0 aliphatic carbocycles. The molecule has 2 N–H and O–H groups in total. The first kappa shape index (κ1) is 18.1. The minimum Gasteiger partial charge on any atom is -0.393 e. The first-order valence-corrected chi connectivity index (χ1v) is 8.49. The Morgan fingerprint density at radius 2 is 1.83 bits per heavy atom. The van der Waals surface area contributed by atoms with Gasteiger partial charge in [-0.05, 0) is 25.8 Å². The summed E-state index contributed by atoms with van der Waals surface area (Å²) in [6.07, 6.45) is 4.35. The second-order valence-corrected chi connectivity index (χ2v) is 7.50. The maximum Gasteiger partial charge on any atom is 0.225 e. The maximum absolute atomic E-state index is 9.52. The molecule has 1 saturated heterocycles. The zero-order valence-electron chi connectivity index (χ0n) is 14.9. The molecule has 23 heavy (non-hydrogen) atoms. The van der Waals surface area contributed by atoms with Crippen LogP contribution in [0.3, 0.4) is 0 Å². The van der Waals surface area contributed by atoms with Gasteiger partial charge in [0.25, 0.3) is 0 Å². The maximum atomic E-state index is 9.52. The van der Waals surface area contributed by atoms with E-state index >= 15 is 0 Å². The standard InChI is InChI=1S/C17H31N5O/c1-14(23)9-17(2,3)13-18-10-15-11-19-16(20-12-15)22-7-5-21(4)6-8-22/h11-12,14,18,23H,5-10,13H2,1-4H3. The van der Waals surface area contributed by atoms with E-state index in [2.05, 4.69) is 46.0 Å². The second-order valence-electron chi connectivity index (χ2n) is 7.50. The van der Waals surface area contributed by atoms with Crippen molar-refractivity contribution >= 4 is 5.95 Å². The van der Waals surface area contributed by atoms with Crippen LogP contribution in [0.5, 0.6) is 0 Å². The average molecular weight is 321 g/mol. The Hall–Kier alpha value is -1.24. The van der Waals surface area contributed by atoms with E-state index in [1.54, 1.807) is 0 Å². The van der Waals surface area contributed by atoms with Crippen molar-refractivity contribution in [3.8, 4) is 0 Å². The van der Waals surface area contributed by atoms with Crippen LogP contribution in [-0.4, -0.2) is 65.8 Å². The number of hydrogen-bond donors (Lipinski definition) is 2. The molecule has 1 unspecified atom stereocenters. The molecule has 1 aromatic heterocycles. The van der Waals surface area contributed by atoms with Crippen LogP contribution >= 0.6 is 0 Å². The van der Waals surface area contributed by atoms with Crippen molar-refractivity contribution in [1.82, 2.24) is 20.2 Å². The fourth-order valence-electron chi connectivity index (χ4n) is 3.03. The summed E-state index contributed by atoms with van der Waals surface area (Å²) in [6.45, 7) is 11.9. The van der Waals surface area contributed by atoms with Gasteiger partial charge in [0.05, 0.1) is 6.10 Å². The van der Waals surface area contributed by atoms with Crippen LogP contribution in [0.1, 0.15) is 32.8 Å². The van der Waals surface area contributed by atoms with Gasteiger partial charge < -0.3 is 20.2 Å². The van der Waals surface area contributed by atoms with E-state index in [0.717, 1.165) is 57.2 Å². The van der Waals surface area contributed by atoms with Crippen LogP contribution in [-0.2, 0) is 6.54 Å². The van der Waals surface area contributed by atoms with Gasteiger partial charge in [0, 0.05) is 57.2 Å². The molecule has 6 heteroatoms. The van der Waals surface area contributed by atoms with E-state index in [1.165, 1.54) is 0 Å². The molecular formula is C17H31N5O. The molecule has 1 fully saturated rings. The lowest BCUT2D eigenvalue weighted by molar-refractivity contribution is 0.128. The summed E-state index contributed by atoms with van der Waals surface area (Å²) >= 11 is 0. The molecule has 1 atom stereocenters. The minimum atomic E-state index is -0.266. The van der Waals surface area contributed by atoms with Crippen molar-refractivity contribution in [2.75, 3.05) is 44.7 Å². The van der Waals surface area contributed by atoms with Crippen LogP contribution in [0.25, 0.3) is 0 Å². The van der Waals surface area contributed by atoms with Gasteiger partial charge in [-0.2, -0.15) is 0 Å². The van der Waals surface area contributed by atoms with Crippen molar-refractivity contribution in [2.45, 2.75) is 39.8 Å². The Balaban J connectivity index is 1.79. The van der Waals surface area contributed by atoms with E-state index in [0.29, 0.717) is 0 Å². The highest BCUT2D eigenvalue weighted by Gasteiger charge is 2.20. The average Bonchev–Trinajstić information content (AvgIpc) is 2.47. The Labute approximate surface area is 139 Å². The third-order valence-electron chi connectivity index (χ3n) is 4.26. The number of hydrogen-bond acceptors (Lipinski definition) is 6. The Kier molecular flexibility index (Phi) is 6.33. The van der Waals surface area contributed by atoms with E-state index in [-0.39, 0.29) is 11.5 Å². The van der Waals surface area contributed by atoms with Gasteiger partial charge >= 0.3 is 0 Å². The number of aliphatic hydroxyl groups is 1. The minimum absolute atomic E-state index is 0.0782. The molecule has 1 aliphatic rings. The van der Waals surface area contributed by atoms with Gasteiger partial charge in [-0.3, -0.25) is 0 Å². The van der Waals surface area contributed by atoms with Gasteiger partial charge in [0.2, 0.25) is 5.95 Å². The van der Waals surface area contributed by atoms with E-state index in [4.69, 9.17) is 0 Å². The summed E-state index contributed by atoms with van der Waals surface area (Å²) in [7, 11) is 2.14. The van der Waals surface area contributed by atoms with Crippen LogP contribution in [0.15, 0.2) is 12.4 Å². The molecule has 0 amide bonds. The highest BCUT2D eigenvalue weighted by atomic mass is 16.3. The van der Waals surface area contributed by atoms with Crippen LogP contribution in [0.4, 0.5) is 5.95 Å². The topological polar surface area (TPSA) is 64.5 Å². The molecule has 1 aromatic rings. The van der Waals surface area contributed by atoms with Crippen molar-refractivity contribution in [3.05, 3.63) is 18.0 Å². The van der Waals surface area contributed by atoms with E-state index in [9.17, 15) is 5.11 Å². The first-order valence-electron chi connectivity index (χ1n) is 8.49. The van der Waals surface area contributed by atoms with E-state index < -0.39 is 0 Å². The fraction of sp³-hybridized carbons (Fsp3) is 0.765. The lowest BCUT2D eigenvalue weighted by Crippen LogP contribution is -2.45. The van der Waals surface area contributed by atoms with Crippen molar-refractivity contribution in [3.63, 3.8) is 0 Å². The summed E-state index contributed by atoms with van der Waals surface area (Å²) in [5.41, 5.74) is 1.17. The SMILES string of the molecule is CC(O)CC(C)(C)CNCc1cnc(N2CCN(C)CC2)nc1. The second kappa shape index (κ2) is 8.04. The monoisotopic (exact) mass is 321 g/mol. The summed E-state index contributed by atoms with van der Waals surface area (Å²) in [5.74, 6) is 0.830. The lowest BCUT2D eigenvalue weighted by atomic mass is 9.87. The molecule has 0 radical (unpaired) electrons. The van der Waals surface area contributed by atoms with Crippen molar-refractivity contribution in [1.29, 1.82) is 0 Å². The van der Waals surface area contributed by atoms with Gasteiger partial charge in [-0.1, -0.05) is 13.8 Å². The summed E-state index contributed by atoms with van der Waals surface area (Å²) in [5, 5.41) is 13.0. The smallest absolute Gasteiger partial charge is 0.225 e.